The maximum absolute atomic E-state index is 12.4. The molecule has 2 aromatic heterocycles. The van der Waals surface area contributed by atoms with Gasteiger partial charge >= 0.3 is 0 Å². The maximum Gasteiger partial charge on any atom is 0.258 e. The van der Waals surface area contributed by atoms with Crippen molar-refractivity contribution in [2.75, 3.05) is 31.2 Å². The van der Waals surface area contributed by atoms with Gasteiger partial charge < -0.3 is 14.6 Å². The predicted octanol–water partition coefficient (Wildman–Crippen LogP) is 3.29. The Bertz CT molecular complexity index is 1270. The average molecular weight is 455 g/mol. The lowest BCUT2D eigenvalue weighted by Crippen LogP contribution is -2.37. The molecule has 0 bridgehead atoms. The molecule has 8 nitrogen and oxygen atoms in total. The highest BCUT2D eigenvalue weighted by Crippen LogP contribution is 2.28. The minimum atomic E-state index is -0.184. The zero-order valence-electron chi connectivity index (χ0n) is 16.5. The monoisotopic (exact) mass is 454 g/mol. The van der Waals surface area contributed by atoms with Gasteiger partial charge in [0, 0.05) is 18.1 Å². The van der Waals surface area contributed by atoms with Crippen LogP contribution in [0.15, 0.2) is 58.5 Å². The van der Waals surface area contributed by atoms with Crippen LogP contribution in [0.3, 0.4) is 0 Å². The Morgan fingerprint density at radius 2 is 1.90 bits per heavy atom. The lowest BCUT2D eigenvalue weighted by atomic mass is 10.2. The van der Waals surface area contributed by atoms with E-state index >= 15 is 0 Å². The molecule has 158 valence electrons. The molecule has 1 aliphatic rings. The smallest absolute Gasteiger partial charge is 0.258 e. The van der Waals surface area contributed by atoms with Gasteiger partial charge in [-0.05, 0) is 30.3 Å². The third kappa shape index (κ3) is 4.16. The third-order valence-corrected chi connectivity index (χ3v) is 6.16. The molecule has 10 heteroatoms. The van der Waals surface area contributed by atoms with Crippen molar-refractivity contribution in [3.63, 3.8) is 0 Å². The molecule has 1 saturated heterocycles. The number of ether oxygens (including phenoxy) is 1. The van der Waals surface area contributed by atoms with Gasteiger partial charge in [-0.3, -0.25) is 9.36 Å². The highest BCUT2D eigenvalue weighted by Gasteiger charge is 2.22. The standard InChI is InChI=1S/C21H19ClN6O2S/c22-14-6-7-16-17(12-14)23-18(24-19(16)29)13-31-21-26-25-20(27-8-10-30-11-9-27)28(21)15-4-2-1-3-5-15/h1-7,12H,8-11,13H2,(H,23,24,29). The third-order valence-electron chi connectivity index (χ3n) is 4.98. The number of morpholine rings is 1. The second kappa shape index (κ2) is 8.70. The van der Waals surface area contributed by atoms with Gasteiger partial charge in [-0.2, -0.15) is 0 Å². The van der Waals surface area contributed by atoms with E-state index in [9.17, 15) is 4.79 Å². The SMILES string of the molecule is O=c1[nH]c(CSc2nnc(N3CCOCC3)n2-c2ccccc2)nc2cc(Cl)ccc12. The molecule has 4 aromatic rings. The summed E-state index contributed by atoms with van der Waals surface area (Å²) in [5.74, 6) is 1.77. The number of nitrogens with zero attached hydrogens (tertiary/aromatic N) is 5. The summed E-state index contributed by atoms with van der Waals surface area (Å²) in [4.78, 5) is 22.0. The van der Waals surface area contributed by atoms with Gasteiger partial charge in [0.05, 0.1) is 35.6 Å². The molecule has 0 amide bonds. The van der Waals surface area contributed by atoms with Crippen molar-refractivity contribution in [2.24, 2.45) is 0 Å². The van der Waals surface area contributed by atoms with E-state index < -0.39 is 0 Å². The Balaban J connectivity index is 1.47. The molecular formula is C21H19ClN6O2S. The summed E-state index contributed by atoms with van der Waals surface area (Å²) in [5.41, 5.74) is 1.37. The molecule has 31 heavy (non-hydrogen) atoms. The summed E-state index contributed by atoms with van der Waals surface area (Å²) >= 11 is 7.54. The molecule has 1 aliphatic heterocycles. The van der Waals surface area contributed by atoms with Crippen LogP contribution in [0.1, 0.15) is 5.82 Å². The van der Waals surface area contributed by atoms with Crippen molar-refractivity contribution in [3.8, 4) is 5.69 Å². The number of aromatic nitrogens is 5. The van der Waals surface area contributed by atoms with Gasteiger partial charge in [-0.15, -0.1) is 10.2 Å². The first-order chi connectivity index (χ1) is 15.2. The number of H-pyrrole nitrogens is 1. The number of halogens is 1. The summed E-state index contributed by atoms with van der Waals surface area (Å²) in [6, 6.07) is 15.1. The lowest BCUT2D eigenvalue weighted by Gasteiger charge is -2.27. The van der Waals surface area contributed by atoms with Crippen molar-refractivity contribution in [1.29, 1.82) is 0 Å². The summed E-state index contributed by atoms with van der Waals surface area (Å²) in [6.45, 7) is 2.84. The molecule has 2 aromatic carbocycles. The fraction of sp³-hybridized carbons (Fsp3) is 0.238. The summed E-state index contributed by atoms with van der Waals surface area (Å²) in [7, 11) is 0. The molecule has 0 saturated carbocycles. The van der Waals surface area contributed by atoms with Gasteiger partial charge in [0.15, 0.2) is 5.16 Å². The zero-order chi connectivity index (χ0) is 21.2. The minimum absolute atomic E-state index is 0.184. The topological polar surface area (TPSA) is 88.9 Å². The van der Waals surface area contributed by atoms with E-state index in [2.05, 4.69) is 25.1 Å². The van der Waals surface area contributed by atoms with Crippen LogP contribution in [-0.4, -0.2) is 51.0 Å². The van der Waals surface area contributed by atoms with E-state index in [1.165, 1.54) is 11.8 Å². The van der Waals surface area contributed by atoms with Crippen molar-refractivity contribution in [1.82, 2.24) is 24.7 Å². The molecule has 0 spiro atoms. The van der Waals surface area contributed by atoms with Crippen molar-refractivity contribution in [3.05, 3.63) is 69.7 Å². The first kappa shape index (κ1) is 20.0. The largest absolute Gasteiger partial charge is 0.378 e. The molecule has 0 atom stereocenters. The highest BCUT2D eigenvalue weighted by molar-refractivity contribution is 7.98. The Hall–Kier alpha value is -2.88. The van der Waals surface area contributed by atoms with E-state index in [1.807, 2.05) is 34.9 Å². The van der Waals surface area contributed by atoms with Crippen molar-refractivity contribution >= 4 is 40.2 Å². The summed E-state index contributed by atoms with van der Waals surface area (Å²) in [5, 5.41) is 10.7. The van der Waals surface area contributed by atoms with E-state index in [0.717, 1.165) is 29.9 Å². The Labute approximate surface area is 187 Å². The highest BCUT2D eigenvalue weighted by atomic mass is 35.5. The van der Waals surface area contributed by atoms with Crippen LogP contribution in [0.5, 0.6) is 0 Å². The van der Waals surface area contributed by atoms with E-state index in [0.29, 0.717) is 40.7 Å². The number of thioether (sulfide) groups is 1. The predicted molar refractivity (Wildman–Crippen MR) is 121 cm³/mol. The average Bonchev–Trinajstić information content (AvgIpc) is 3.22. The molecule has 5 rings (SSSR count). The van der Waals surface area contributed by atoms with Crippen molar-refractivity contribution in [2.45, 2.75) is 10.9 Å². The van der Waals surface area contributed by atoms with E-state index in [4.69, 9.17) is 16.3 Å². The van der Waals surface area contributed by atoms with Gasteiger partial charge in [0.2, 0.25) is 5.95 Å². The van der Waals surface area contributed by atoms with E-state index in [1.54, 1.807) is 18.2 Å². The quantitative estimate of drug-likeness (QED) is 0.463. The lowest BCUT2D eigenvalue weighted by molar-refractivity contribution is 0.122. The van der Waals surface area contributed by atoms with Crippen LogP contribution in [0.2, 0.25) is 5.02 Å². The fourth-order valence-electron chi connectivity index (χ4n) is 3.49. The molecule has 1 fully saturated rings. The first-order valence-corrected chi connectivity index (χ1v) is 11.2. The Morgan fingerprint density at radius 1 is 1.10 bits per heavy atom. The van der Waals surface area contributed by atoms with Crippen LogP contribution in [0, 0.1) is 0 Å². The molecule has 0 radical (unpaired) electrons. The number of hydrogen-bond acceptors (Lipinski definition) is 7. The number of aromatic amines is 1. The van der Waals surface area contributed by atoms with Gasteiger partial charge in [0.1, 0.15) is 5.82 Å². The van der Waals surface area contributed by atoms with Crippen molar-refractivity contribution < 1.29 is 4.74 Å². The minimum Gasteiger partial charge on any atom is -0.378 e. The normalized spacial score (nSPS) is 14.3. The molecule has 1 N–H and O–H groups in total. The van der Waals surface area contributed by atoms with Crippen LogP contribution in [-0.2, 0) is 10.5 Å². The second-order valence-electron chi connectivity index (χ2n) is 7.02. The van der Waals surface area contributed by atoms with Crippen LogP contribution >= 0.6 is 23.4 Å². The summed E-state index contributed by atoms with van der Waals surface area (Å²) in [6.07, 6.45) is 0. The van der Waals surface area contributed by atoms with Crippen LogP contribution in [0.25, 0.3) is 16.6 Å². The molecular weight excluding hydrogens is 436 g/mol. The fourth-order valence-corrected chi connectivity index (χ4v) is 4.47. The molecule has 0 aliphatic carbocycles. The number of nitrogens with one attached hydrogen (secondary N) is 1. The number of rotatable bonds is 5. The number of fused-ring (bicyclic) bond motifs is 1. The van der Waals surface area contributed by atoms with Crippen LogP contribution in [0.4, 0.5) is 5.95 Å². The van der Waals surface area contributed by atoms with Crippen LogP contribution < -0.4 is 10.5 Å². The first-order valence-electron chi connectivity index (χ1n) is 9.84. The van der Waals surface area contributed by atoms with Gasteiger partial charge in [-0.1, -0.05) is 41.6 Å². The Morgan fingerprint density at radius 3 is 2.71 bits per heavy atom. The van der Waals surface area contributed by atoms with E-state index in [-0.39, 0.29) is 5.56 Å². The maximum atomic E-state index is 12.4. The number of para-hydroxylation sites is 1. The van der Waals surface area contributed by atoms with Gasteiger partial charge in [-0.25, -0.2) is 4.98 Å². The number of benzene rings is 2. The second-order valence-corrected chi connectivity index (χ2v) is 8.39. The Kier molecular flexibility index (Phi) is 5.63. The number of hydrogen-bond donors (Lipinski definition) is 1. The zero-order valence-corrected chi connectivity index (χ0v) is 18.1. The molecule has 0 unspecified atom stereocenters. The summed E-state index contributed by atoms with van der Waals surface area (Å²) < 4.78 is 7.51. The number of anilines is 1. The molecule has 3 heterocycles. The van der Waals surface area contributed by atoms with Gasteiger partial charge in [0.25, 0.3) is 5.56 Å².